The molecule has 0 aliphatic carbocycles. The molecule has 0 unspecified atom stereocenters. The summed E-state index contributed by atoms with van der Waals surface area (Å²) in [7, 11) is 1.53. The highest BCUT2D eigenvalue weighted by atomic mass is 16.5. The Morgan fingerprint density at radius 2 is 2.00 bits per heavy atom. The van der Waals surface area contributed by atoms with Gasteiger partial charge in [0.25, 0.3) is 0 Å². The van der Waals surface area contributed by atoms with E-state index in [-0.39, 0.29) is 0 Å². The predicted molar refractivity (Wildman–Crippen MR) is 74.7 cm³/mol. The van der Waals surface area contributed by atoms with Crippen molar-refractivity contribution in [2.45, 2.75) is 5.92 Å². The standard InChI is InChI=1S/C15H14N4O/c1-20-15-13(8-16)14(4-7-18-15)19-9-12(10-19)11-2-5-17-6-3-11/h2-7,12H,9-10H2,1H3. The van der Waals surface area contributed by atoms with Crippen LogP contribution in [0.25, 0.3) is 0 Å². The summed E-state index contributed by atoms with van der Waals surface area (Å²) in [5.41, 5.74) is 2.68. The van der Waals surface area contributed by atoms with E-state index in [1.165, 1.54) is 12.7 Å². The molecule has 1 aliphatic rings. The van der Waals surface area contributed by atoms with Crippen molar-refractivity contribution in [3.05, 3.63) is 47.9 Å². The third kappa shape index (κ3) is 2.05. The lowest BCUT2D eigenvalue weighted by Gasteiger charge is -2.41. The summed E-state index contributed by atoms with van der Waals surface area (Å²) in [5, 5.41) is 9.28. The lowest BCUT2D eigenvalue weighted by molar-refractivity contribution is 0.396. The number of hydrogen-bond acceptors (Lipinski definition) is 5. The fourth-order valence-corrected chi connectivity index (χ4v) is 2.48. The van der Waals surface area contributed by atoms with E-state index in [9.17, 15) is 5.26 Å². The van der Waals surface area contributed by atoms with Crippen molar-refractivity contribution in [3.8, 4) is 11.9 Å². The Balaban J connectivity index is 1.79. The molecule has 2 aromatic heterocycles. The van der Waals surface area contributed by atoms with Gasteiger partial charge in [0.05, 0.1) is 12.8 Å². The van der Waals surface area contributed by atoms with Gasteiger partial charge in [0.15, 0.2) is 0 Å². The fraction of sp³-hybridized carbons (Fsp3) is 0.267. The molecule has 20 heavy (non-hydrogen) atoms. The van der Waals surface area contributed by atoms with E-state index >= 15 is 0 Å². The van der Waals surface area contributed by atoms with Crippen LogP contribution < -0.4 is 9.64 Å². The number of aromatic nitrogens is 2. The monoisotopic (exact) mass is 266 g/mol. The molecule has 0 amide bonds. The average molecular weight is 266 g/mol. The van der Waals surface area contributed by atoms with Gasteiger partial charge in [-0.2, -0.15) is 5.26 Å². The molecule has 0 atom stereocenters. The zero-order chi connectivity index (χ0) is 13.9. The van der Waals surface area contributed by atoms with Crippen LogP contribution in [-0.2, 0) is 0 Å². The minimum absolute atomic E-state index is 0.386. The van der Waals surface area contributed by atoms with Crippen LogP contribution in [0, 0.1) is 11.3 Å². The second-order valence-electron chi connectivity index (χ2n) is 4.71. The molecule has 0 aromatic carbocycles. The van der Waals surface area contributed by atoms with Crippen molar-refractivity contribution in [2.75, 3.05) is 25.1 Å². The zero-order valence-electron chi connectivity index (χ0n) is 11.2. The first-order valence-corrected chi connectivity index (χ1v) is 6.41. The molecular formula is C15H14N4O. The maximum Gasteiger partial charge on any atom is 0.233 e. The van der Waals surface area contributed by atoms with Gasteiger partial charge in [0, 0.05) is 37.6 Å². The lowest BCUT2D eigenvalue weighted by Crippen LogP contribution is -2.45. The van der Waals surface area contributed by atoms with E-state index < -0.39 is 0 Å². The molecule has 1 aliphatic heterocycles. The summed E-state index contributed by atoms with van der Waals surface area (Å²) in [6.07, 6.45) is 5.30. The van der Waals surface area contributed by atoms with Crippen LogP contribution in [0.3, 0.4) is 0 Å². The van der Waals surface area contributed by atoms with Crippen LogP contribution >= 0.6 is 0 Å². The van der Waals surface area contributed by atoms with Gasteiger partial charge in [0.1, 0.15) is 11.6 Å². The molecule has 100 valence electrons. The van der Waals surface area contributed by atoms with Crippen LogP contribution in [0.5, 0.6) is 5.88 Å². The minimum atomic E-state index is 0.386. The highest BCUT2D eigenvalue weighted by Crippen LogP contribution is 2.35. The maximum absolute atomic E-state index is 9.28. The van der Waals surface area contributed by atoms with Crippen molar-refractivity contribution < 1.29 is 4.74 Å². The smallest absolute Gasteiger partial charge is 0.233 e. The van der Waals surface area contributed by atoms with E-state index in [1.807, 2.05) is 30.6 Å². The third-order valence-corrected chi connectivity index (χ3v) is 3.60. The van der Waals surface area contributed by atoms with Crippen LogP contribution in [0.15, 0.2) is 36.8 Å². The second-order valence-corrected chi connectivity index (χ2v) is 4.71. The summed E-state index contributed by atoms with van der Waals surface area (Å²) in [6.45, 7) is 1.79. The average Bonchev–Trinajstić information content (AvgIpc) is 2.46. The first kappa shape index (κ1) is 12.4. The molecule has 5 heteroatoms. The zero-order valence-corrected chi connectivity index (χ0v) is 11.2. The largest absolute Gasteiger partial charge is 0.480 e. The van der Waals surface area contributed by atoms with Gasteiger partial charge in [-0.05, 0) is 23.8 Å². The Morgan fingerprint density at radius 3 is 2.65 bits per heavy atom. The maximum atomic E-state index is 9.28. The normalized spacial score (nSPS) is 14.5. The molecule has 0 N–H and O–H groups in total. The van der Waals surface area contributed by atoms with Crippen LogP contribution in [-0.4, -0.2) is 30.2 Å². The molecule has 5 nitrogen and oxygen atoms in total. The van der Waals surface area contributed by atoms with Crippen molar-refractivity contribution in [1.29, 1.82) is 5.26 Å². The molecule has 1 fully saturated rings. The molecule has 0 saturated carbocycles. The fourth-order valence-electron chi connectivity index (χ4n) is 2.48. The molecule has 3 heterocycles. The Hall–Kier alpha value is -2.61. The molecule has 0 bridgehead atoms. The van der Waals surface area contributed by atoms with E-state index in [1.54, 1.807) is 6.20 Å². The van der Waals surface area contributed by atoms with Crippen LogP contribution in [0.4, 0.5) is 5.69 Å². The Bertz CT molecular complexity index is 645. The number of rotatable bonds is 3. The molecular weight excluding hydrogens is 252 g/mol. The van der Waals surface area contributed by atoms with E-state index in [4.69, 9.17) is 4.74 Å². The summed E-state index contributed by atoms with van der Waals surface area (Å²) in [6, 6.07) is 8.13. The summed E-state index contributed by atoms with van der Waals surface area (Å²) < 4.78 is 5.14. The lowest BCUT2D eigenvalue weighted by atomic mass is 9.91. The summed E-state index contributed by atoms with van der Waals surface area (Å²) in [5.74, 6) is 0.876. The van der Waals surface area contributed by atoms with Gasteiger partial charge in [-0.15, -0.1) is 0 Å². The number of hydrogen-bond donors (Lipinski definition) is 0. The highest BCUT2D eigenvalue weighted by Gasteiger charge is 2.30. The van der Waals surface area contributed by atoms with Gasteiger partial charge in [-0.1, -0.05) is 0 Å². The Kier molecular flexibility index (Phi) is 3.21. The topological polar surface area (TPSA) is 62.0 Å². The molecule has 3 rings (SSSR count). The van der Waals surface area contributed by atoms with Crippen LogP contribution in [0.2, 0.25) is 0 Å². The molecule has 2 aromatic rings. The van der Waals surface area contributed by atoms with E-state index in [0.29, 0.717) is 17.4 Å². The van der Waals surface area contributed by atoms with Crippen LogP contribution in [0.1, 0.15) is 17.0 Å². The SMILES string of the molecule is COc1nccc(N2CC(c3ccncc3)C2)c1C#N. The van der Waals surface area contributed by atoms with Gasteiger partial charge >= 0.3 is 0 Å². The van der Waals surface area contributed by atoms with E-state index in [0.717, 1.165) is 18.8 Å². The number of anilines is 1. The van der Waals surface area contributed by atoms with Crippen molar-refractivity contribution in [3.63, 3.8) is 0 Å². The number of nitrogens with zero attached hydrogens (tertiary/aromatic N) is 4. The molecule has 0 radical (unpaired) electrons. The number of ether oxygens (including phenoxy) is 1. The Labute approximate surface area is 117 Å². The van der Waals surface area contributed by atoms with Gasteiger partial charge < -0.3 is 9.64 Å². The predicted octanol–water partition coefficient (Wildman–Crippen LogP) is 1.96. The summed E-state index contributed by atoms with van der Waals surface area (Å²) in [4.78, 5) is 10.3. The van der Waals surface area contributed by atoms with E-state index in [2.05, 4.69) is 20.9 Å². The van der Waals surface area contributed by atoms with Gasteiger partial charge in [-0.3, -0.25) is 4.98 Å². The molecule has 0 spiro atoms. The highest BCUT2D eigenvalue weighted by molar-refractivity contribution is 5.64. The molecule has 1 saturated heterocycles. The quantitative estimate of drug-likeness (QED) is 0.849. The minimum Gasteiger partial charge on any atom is -0.480 e. The first-order chi connectivity index (χ1) is 9.83. The van der Waals surface area contributed by atoms with Gasteiger partial charge in [-0.25, -0.2) is 4.98 Å². The van der Waals surface area contributed by atoms with Crippen molar-refractivity contribution >= 4 is 5.69 Å². The number of pyridine rings is 2. The Morgan fingerprint density at radius 1 is 1.25 bits per heavy atom. The van der Waals surface area contributed by atoms with Crippen molar-refractivity contribution in [2.24, 2.45) is 0 Å². The van der Waals surface area contributed by atoms with Gasteiger partial charge in [0.2, 0.25) is 5.88 Å². The van der Waals surface area contributed by atoms with Crippen molar-refractivity contribution in [1.82, 2.24) is 9.97 Å². The number of nitriles is 1. The third-order valence-electron chi connectivity index (χ3n) is 3.60. The number of methoxy groups -OCH3 is 1. The first-order valence-electron chi connectivity index (χ1n) is 6.41. The second kappa shape index (κ2) is 5.17. The summed E-state index contributed by atoms with van der Waals surface area (Å²) >= 11 is 0.